The van der Waals surface area contributed by atoms with Gasteiger partial charge >= 0.3 is 0 Å². The molecule has 0 aliphatic rings. The van der Waals surface area contributed by atoms with Crippen molar-refractivity contribution < 1.29 is 22.7 Å². The van der Waals surface area contributed by atoms with E-state index in [-0.39, 0.29) is 17.3 Å². The number of nitrogens with zero attached hydrogens (tertiary/aromatic N) is 2. The summed E-state index contributed by atoms with van der Waals surface area (Å²) in [5.41, 5.74) is 0.880. The molecule has 0 aromatic heterocycles. The summed E-state index contributed by atoms with van der Waals surface area (Å²) in [7, 11) is -2.69. The molecular formula is C29H33Cl2N3O5S. The van der Waals surface area contributed by atoms with Gasteiger partial charge < -0.3 is 15.0 Å². The molecule has 3 rings (SSSR count). The minimum absolute atomic E-state index is 0.00928. The van der Waals surface area contributed by atoms with E-state index in [1.165, 1.54) is 36.3 Å². The minimum Gasteiger partial charge on any atom is -0.497 e. The third-order valence-electron chi connectivity index (χ3n) is 6.26. The third-order valence-corrected chi connectivity index (χ3v) is 8.64. The number of anilines is 1. The molecule has 0 spiro atoms. The van der Waals surface area contributed by atoms with Crippen LogP contribution in [0, 0.1) is 0 Å². The Morgan fingerprint density at radius 1 is 0.975 bits per heavy atom. The summed E-state index contributed by atoms with van der Waals surface area (Å²) in [6, 6.07) is 18.3. The number of para-hydroxylation sites is 1. The van der Waals surface area contributed by atoms with E-state index in [2.05, 4.69) is 5.32 Å². The summed E-state index contributed by atoms with van der Waals surface area (Å²) in [5, 5.41) is 3.61. The molecule has 8 nitrogen and oxygen atoms in total. The first kappa shape index (κ1) is 31.3. The summed E-state index contributed by atoms with van der Waals surface area (Å²) in [4.78, 5) is 28.5. The van der Waals surface area contributed by atoms with E-state index < -0.39 is 28.5 Å². The average Bonchev–Trinajstić information content (AvgIpc) is 2.96. The highest BCUT2D eigenvalue weighted by atomic mass is 35.5. The van der Waals surface area contributed by atoms with Gasteiger partial charge in [0, 0.05) is 23.1 Å². The first-order valence-electron chi connectivity index (χ1n) is 12.8. The topological polar surface area (TPSA) is 96.0 Å². The molecule has 0 aliphatic carbocycles. The van der Waals surface area contributed by atoms with E-state index >= 15 is 0 Å². The molecule has 3 aromatic rings. The van der Waals surface area contributed by atoms with Gasteiger partial charge in [0.15, 0.2) is 0 Å². The zero-order chi connectivity index (χ0) is 29.3. The number of carbonyl (C=O) groups is 2. The van der Waals surface area contributed by atoms with Crippen LogP contribution in [0.5, 0.6) is 5.75 Å². The van der Waals surface area contributed by atoms with Crippen molar-refractivity contribution in [3.8, 4) is 5.75 Å². The van der Waals surface area contributed by atoms with E-state index in [0.29, 0.717) is 40.0 Å². The molecule has 0 unspecified atom stereocenters. The summed E-state index contributed by atoms with van der Waals surface area (Å²) in [5.74, 6) is -0.395. The normalized spacial score (nSPS) is 11.9. The minimum atomic E-state index is -4.17. The number of rotatable bonds is 13. The highest BCUT2D eigenvalue weighted by molar-refractivity contribution is 7.92. The lowest BCUT2D eigenvalue weighted by molar-refractivity contribution is -0.140. The van der Waals surface area contributed by atoms with Crippen molar-refractivity contribution in [3.63, 3.8) is 0 Å². The predicted octanol–water partition coefficient (Wildman–Crippen LogP) is 5.53. The zero-order valence-electron chi connectivity index (χ0n) is 22.6. The molecule has 1 N–H and O–H groups in total. The largest absolute Gasteiger partial charge is 0.497 e. The molecular weight excluding hydrogens is 573 g/mol. The van der Waals surface area contributed by atoms with E-state index in [0.717, 1.165) is 10.7 Å². The summed E-state index contributed by atoms with van der Waals surface area (Å²) >= 11 is 12.5. The zero-order valence-corrected chi connectivity index (χ0v) is 25.0. The number of sulfonamides is 1. The van der Waals surface area contributed by atoms with Gasteiger partial charge in [-0.25, -0.2) is 8.42 Å². The van der Waals surface area contributed by atoms with Crippen LogP contribution in [0.2, 0.25) is 10.0 Å². The maximum absolute atomic E-state index is 14.0. The molecule has 0 heterocycles. The third kappa shape index (κ3) is 7.68. The Balaban J connectivity index is 2.04. The second-order valence-corrected chi connectivity index (χ2v) is 11.7. The lowest BCUT2D eigenvalue weighted by atomic mass is 10.1. The number of halogens is 2. The van der Waals surface area contributed by atoms with Crippen LogP contribution in [0.25, 0.3) is 0 Å². The monoisotopic (exact) mass is 605 g/mol. The number of hydrogen-bond donors (Lipinski definition) is 1. The molecule has 0 radical (unpaired) electrons. The van der Waals surface area contributed by atoms with Crippen LogP contribution in [-0.2, 0) is 26.2 Å². The highest BCUT2D eigenvalue weighted by Gasteiger charge is 2.33. The summed E-state index contributed by atoms with van der Waals surface area (Å²) < 4.78 is 33.9. The van der Waals surface area contributed by atoms with Gasteiger partial charge in [0.25, 0.3) is 10.0 Å². The van der Waals surface area contributed by atoms with Gasteiger partial charge in [-0.05, 0) is 66.9 Å². The van der Waals surface area contributed by atoms with Crippen LogP contribution >= 0.6 is 23.2 Å². The van der Waals surface area contributed by atoms with Crippen molar-refractivity contribution in [2.75, 3.05) is 24.5 Å². The second kappa shape index (κ2) is 14.4. The summed E-state index contributed by atoms with van der Waals surface area (Å²) in [6.45, 7) is 3.61. The number of benzene rings is 3. The standard InChI is InChI=1S/C29H33Cl2N3O5S/c1-4-17-32-29(36)27(5-2)33(19-21-11-12-22(30)18-26(21)31)28(35)20-34(23-9-7-6-8-10-23)40(37,38)25-15-13-24(39-3)14-16-25/h6-16,18,27H,4-5,17,19-20H2,1-3H3,(H,32,36)/t27-/m1/s1. The Kier molecular flexibility index (Phi) is 11.2. The smallest absolute Gasteiger partial charge is 0.264 e. The van der Waals surface area contributed by atoms with Crippen LogP contribution in [0.3, 0.4) is 0 Å². The maximum atomic E-state index is 14.0. The van der Waals surface area contributed by atoms with Gasteiger partial charge in [-0.1, -0.05) is 61.3 Å². The quantitative estimate of drug-likeness (QED) is 0.276. The number of nitrogens with one attached hydrogen (secondary N) is 1. The fraction of sp³-hybridized carbons (Fsp3) is 0.310. The van der Waals surface area contributed by atoms with Gasteiger partial charge in [-0.3, -0.25) is 13.9 Å². The maximum Gasteiger partial charge on any atom is 0.264 e. The molecule has 2 amide bonds. The van der Waals surface area contributed by atoms with Crippen molar-refractivity contribution in [1.82, 2.24) is 10.2 Å². The average molecular weight is 607 g/mol. The molecule has 40 heavy (non-hydrogen) atoms. The number of amides is 2. The number of hydrogen-bond acceptors (Lipinski definition) is 5. The predicted molar refractivity (Wildman–Crippen MR) is 158 cm³/mol. The van der Waals surface area contributed by atoms with Crippen LogP contribution in [0.4, 0.5) is 5.69 Å². The van der Waals surface area contributed by atoms with Crippen molar-refractivity contribution in [1.29, 1.82) is 0 Å². The summed E-state index contributed by atoms with van der Waals surface area (Å²) in [6.07, 6.45) is 1.03. The Bertz CT molecular complexity index is 1400. The molecule has 0 aliphatic heterocycles. The van der Waals surface area contributed by atoms with E-state index in [1.807, 2.05) is 6.92 Å². The van der Waals surface area contributed by atoms with E-state index in [9.17, 15) is 18.0 Å². The number of methoxy groups -OCH3 is 1. The Labute approximate surface area is 245 Å². The van der Waals surface area contributed by atoms with Crippen molar-refractivity contribution in [3.05, 3.63) is 88.4 Å². The SMILES string of the molecule is CCCNC(=O)[C@@H](CC)N(Cc1ccc(Cl)cc1Cl)C(=O)CN(c1ccccc1)S(=O)(=O)c1ccc(OC)cc1. The Morgan fingerprint density at radius 2 is 1.65 bits per heavy atom. The Hall–Kier alpha value is -3.27. The highest BCUT2D eigenvalue weighted by Crippen LogP contribution is 2.27. The molecule has 0 saturated heterocycles. The van der Waals surface area contributed by atoms with E-state index in [4.69, 9.17) is 27.9 Å². The van der Waals surface area contributed by atoms with E-state index in [1.54, 1.807) is 55.5 Å². The van der Waals surface area contributed by atoms with Crippen molar-refractivity contribution >= 4 is 50.7 Å². The molecule has 214 valence electrons. The van der Waals surface area contributed by atoms with Crippen LogP contribution in [-0.4, -0.2) is 51.4 Å². The first-order valence-corrected chi connectivity index (χ1v) is 15.0. The first-order chi connectivity index (χ1) is 19.1. The van der Waals surface area contributed by atoms with Gasteiger partial charge in [0.05, 0.1) is 17.7 Å². The van der Waals surface area contributed by atoms with Gasteiger partial charge in [0.1, 0.15) is 18.3 Å². The van der Waals surface area contributed by atoms with Gasteiger partial charge in [0.2, 0.25) is 11.8 Å². The molecule has 3 aromatic carbocycles. The number of ether oxygens (including phenoxy) is 1. The molecule has 1 atom stereocenters. The van der Waals surface area contributed by atoms with Gasteiger partial charge in [-0.2, -0.15) is 0 Å². The lowest BCUT2D eigenvalue weighted by Gasteiger charge is -2.33. The van der Waals surface area contributed by atoms with Crippen LogP contribution in [0.1, 0.15) is 32.3 Å². The number of carbonyl (C=O) groups excluding carboxylic acids is 2. The Morgan fingerprint density at radius 3 is 2.23 bits per heavy atom. The fourth-order valence-corrected chi connectivity index (χ4v) is 6.00. The van der Waals surface area contributed by atoms with Gasteiger partial charge in [-0.15, -0.1) is 0 Å². The van der Waals surface area contributed by atoms with Crippen LogP contribution < -0.4 is 14.4 Å². The van der Waals surface area contributed by atoms with Crippen LogP contribution in [0.15, 0.2) is 77.7 Å². The second-order valence-electron chi connectivity index (χ2n) is 9.00. The molecule has 0 bridgehead atoms. The fourth-order valence-electron chi connectivity index (χ4n) is 4.12. The lowest BCUT2D eigenvalue weighted by Crippen LogP contribution is -2.52. The molecule has 0 saturated carbocycles. The molecule has 0 fully saturated rings. The molecule has 11 heteroatoms. The van der Waals surface area contributed by atoms with Crippen molar-refractivity contribution in [2.24, 2.45) is 0 Å². The van der Waals surface area contributed by atoms with Crippen molar-refractivity contribution in [2.45, 2.75) is 44.2 Å².